The van der Waals surface area contributed by atoms with Gasteiger partial charge in [0.25, 0.3) is 0 Å². The summed E-state index contributed by atoms with van der Waals surface area (Å²) in [7, 11) is 0. The summed E-state index contributed by atoms with van der Waals surface area (Å²) in [6, 6.07) is 8.46. The first-order chi connectivity index (χ1) is 12.8. The first-order valence-electron chi connectivity index (χ1n) is 9.68. The number of nitrogens with zero attached hydrogens (tertiary/aromatic N) is 3. The standard InChI is InChI=1S/C20H26N4O2/c25-20(16-10-11-26-18-9-5-4-6-15(18)12-16)21-13-19-23-22-14-24(19)17-7-2-1-3-8-17/h4-6,9,14,16-17H,1-3,7-8,10-13H2,(H,21,25)/t16-/m1/s1. The number of rotatable bonds is 4. The van der Waals surface area contributed by atoms with E-state index in [1.54, 1.807) is 0 Å². The van der Waals surface area contributed by atoms with Crippen LogP contribution in [0, 0.1) is 5.92 Å². The molecule has 1 aromatic heterocycles. The third-order valence-corrected chi connectivity index (χ3v) is 5.57. The van der Waals surface area contributed by atoms with Gasteiger partial charge in [-0.05, 0) is 37.3 Å². The minimum Gasteiger partial charge on any atom is -0.493 e. The molecule has 26 heavy (non-hydrogen) atoms. The maximum absolute atomic E-state index is 12.7. The summed E-state index contributed by atoms with van der Waals surface area (Å²) in [5, 5.41) is 11.4. The van der Waals surface area contributed by atoms with Crippen LogP contribution < -0.4 is 10.1 Å². The van der Waals surface area contributed by atoms with E-state index in [0.717, 1.165) is 30.0 Å². The van der Waals surface area contributed by atoms with Gasteiger partial charge < -0.3 is 14.6 Å². The summed E-state index contributed by atoms with van der Waals surface area (Å²) in [6.07, 6.45) is 9.45. The summed E-state index contributed by atoms with van der Waals surface area (Å²) < 4.78 is 7.93. The Labute approximate surface area is 154 Å². The van der Waals surface area contributed by atoms with Crippen LogP contribution in [-0.2, 0) is 17.8 Å². The fourth-order valence-corrected chi connectivity index (χ4v) is 4.08. The summed E-state index contributed by atoms with van der Waals surface area (Å²) in [5.74, 6) is 1.77. The maximum Gasteiger partial charge on any atom is 0.223 e. The molecule has 2 aromatic rings. The minimum atomic E-state index is -0.0651. The lowest BCUT2D eigenvalue weighted by atomic mass is 9.95. The van der Waals surface area contributed by atoms with Crippen molar-refractivity contribution in [3.8, 4) is 5.75 Å². The van der Waals surface area contributed by atoms with E-state index in [9.17, 15) is 4.79 Å². The van der Waals surface area contributed by atoms with E-state index in [4.69, 9.17) is 4.74 Å². The highest BCUT2D eigenvalue weighted by Gasteiger charge is 2.24. The maximum atomic E-state index is 12.7. The smallest absolute Gasteiger partial charge is 0.223 e. The van der Waals surface area contributed by atoms with Gasteiger partial charge >= 0.3 is 0 Å². The molecule has 4 rings (SSSR count). The van der Waals surface area contributed by atoms with Crippen molar-refractivity contribution in [3.63, 3.8) is 0 Å². The van der Waals surface area contributed by atoms with Crippen LogP contribution in [0.4, 0.5) is 0 Å². The van der Waals surface area contributed by atoms with Crippen molar-refractivity contribution in [2.75, 3.05) is 6.61 Å². The predicted molar refractivity (Wildman–Crippen MR) is 97.7 cm³/mol. The Balaban J connectivity index is 1.38. The molecule has 1 aromatic carbocycles. The van der Waals surface area contributed by atoms with Crippen molar-refractivity contribution in [2.24, 2.45) is 5.92 Å². The molecule has 1 aliphatic carbocycles. The number of nitrogens with one attached hydrogen (secondary N) is 1. The zero-order valence-corrected chi connectivity index (χ0v) is 15.1. The van der Waals surface area contributed by atoms with E-state index in [-0.39, 0.29) is 11.8 Å². The number of ether oxygens (including phenoxy) is 1. The summed E-state index contributed by atoms with van der Waals surface area (Å²) in [6.45, 7) is 1.02. The Morgan fingerprint density at radius 1 is 1.19 bits per heavy atom. The van der Waals surface area contributed by atoms with E-state index >= 15 is 0 Å². The number of para-hydroxylation sites is 1. The van der Waals surface area contributed by atoms with E-state index in [1.165, 1.54) is 32.1 Å². The van der Waals surface area contributed by atoms with Gasteiger partial charge in [-0.25, -0.2) is 0 Å². The van der Waals surface area contributed by atoms with Crippen LogP contribution in [0.25, 0.3) is 0 Å². The number of hydrogen-bond acceptors (Lipinski definition) is 4. The fraction of sp³-hybridized carbons (Fsp3) is 0.550. The van der Waals surface area contributed by atoms with Crippen LogP contribution in [-0.4, -0.2) is 27.3 Å². The summed E-state index contributed by atoms with van der Waals surface area (Å²) in [4.78, 5) is 12.7. The van der Waals surface area contributed by atoms with Crippen molar-refractivity contribution in [1.29, 1.82) is 0 Å². The molecule has 138 valence electrons. The second-order valence-corrected chi connectivity index (χ2v) is 7.31. The first-order valence-corrected chi connectivity index (χ1v) is 9.68. The quantitative estimate of drug-likeness (QED) is 0.916. The molecule has 1 aliphatic heterocycles. The third kappa shape index (κ3) is 3.74. The first kappa shape index (κ1) is 17.1. The zero-order valence-electron chi connectivity index (χ0n) is 15.1. The Bertz CT molecular complexity index is 752. The lowest BCUT2D eigenvalue weighted by Gasteiger charge is -2.24. The number of carbonyl (C=O) groups excluding carboxylic acids is 1. The Hall–Kier alpha value is -2.37. The van der Waals surface area contributed by atoms with Gasteiger partial charge in [-0.15, -0.1) is 10.2 Å². The van der Waals surface area contributed by atoms with Gasteiger partial charge in [0.1, 0.15) is 12.1 Å². The number of carbonyl (C=O) groups is 1. The van der Waals surface area contributed by atoms with E-state index < -0.39 is 0 Å². The van der Waals surface area contributed by atoms with Gasteiger partial charge in [-0.1, -0.05) is 37.5 Å². The number of hydrogen-bond donors (Lipinski definition) is 1. The lowest BCUT2D eigenvalue weighted by Crippen LogP contribution is -2.33. The van der Waals surface area contributed by atoms with Crippen LogP contribution in [0.2, 0.25) is 0 Å². The monoisotopic (exact) mass is 354 g/mol. The molecule has 6 nitrogen and oxygen atoms in total. The topological polar surface area (TPSA) is 69.0 Å². The molecule has 0 bridgehead atoms. The molecule has 1 N–H and O–H groups in total. The third-order valence-electron chi connectivity index (χ3n) is 5.57. The van der Waals surface area contributed by atoms with Crippen LogP contribution in [0.3, 0.4) is 0 Å². The number of amides is 1. The van der Waals surface area contributed by atoms with Gasteiger partial charge in [0.15, 0.2) is 5.82 Å². The molecule has 1 amide bonds. The van der Waals surface area contributed by atoms with Crippen LogP contribution in [0.15, 0.2) is 30.6 Å². The Morgan fingerprint density at radius 3 is 2.92 bits per heavy atom. The largest absolute Gasteiger partial charge is 0.493 e. The molecule has 0 saturated heterocycles. The number of aromatic nitrogens is 3. The highest BCUT2D eigenvalue weighted by Crippen LogP contribution is 2.29. The molecule has 1 saturated carbocycles. The predicted octanol–water partition coefficient (Wildman–Crippen LogP) is 3.04. The number of fused-ring (bicyclic) bond motifs is 1. The highest BCUT2D eigenvalue weighted by atomic mass is 16.5. The second kappa shape index (κ2) is 7.89. The molecule has 2 aliphatic rings. The number of benzene rings is 1. The Kier molecular flexibility index (Phi) is 5.18. The minimum absolute atomic E-state index is 0.0651. The average molecular weight is 354 g/mol. The Morgan fingerprint density at radius 2 is 2.04 bits per heavy atom. The van der Waals surface area contributed by atoms with E-state index in [1.807, 2.05) is 30.6 Å². The SMILES string of the molecule is O=C(NCc1nncn1C1CCCCC1)[C@@H]1CCOc2ccccc2C1. The molecule has 0 radical (unpaired) electrons. The van der Waals surface area contributed by atoms with Crippen molar-refractivity contribution in [1.82, 2.24) is 20.1 Å². The zero-order chi connectivity index (χ0) is 17.8. The molecular weight excluding hydrogens is 328 g/mol. The molecule has 1 fully saturated rings. The normalized spacial score (nSPS) is 20.7. The van der Waals surface area contributed by atoms with E-state index in [0.29, 0.717) is 19.2 Å². The van der Waals surface area contributed by atoms with Crippen molar-refractivity contribution >= 4 is 5.91 Å². The highest BCUT2D eigenvalue weighted by molar-refractivity contribution is 5.79. The van der Waals surface area contributed by atoms with Crippen molar-refractivity contribution in [2.45, 2.75) is 57.5 Å². The molecular formula is C20H26N4O2. The molecule has 2 heterocycles. The molecule has 0 unspecified atom stereocenters. The van der Waals surface area contributed by atoms with E-state index in [2.05, 4.69) is 20.1 Å². The van der Waals surface area contributed by atoms with Crippen LogP contribution in [0.5, 0.6) is 5.75 Å². The molecule has 0 spiro atoms. The lowest BCUT2D eigenvalue weighted by molar-refractivity contribution is -0.125. The summed E-state index contributed by atoms with van der Waals surface area (Å²) >= 11 is 0. The van der Waals surface area contributed by atoms with Crippen molar-refractivity contribution in [3.05, 3.63) is 42.0 Å². The molecule has 6 heteroatoms. The second-order valence-electron chi connectivity index (χ2n) is 7.31. The van der Waals surface area contributed by atoms with Crippen LogP contribution >= 0.6 is 0 Å². The molecule has 1 atom stereocenters. The van der Waals surface area contributed by atoms with Gasteiger partial charge in [-0.3, -0.25) is 4.79 Å². The van der Waals surface area contributed by atoms with Crippen molar-refractivity contribution < 1.29 is 9.53 Å². The van der Waals surface area contributed by atoms with Gasteiger partial charge in [-0.2, -0.15) is 0 Å². The van der Waals surface area contributed by atoms with Gasteiger partial charge in [0, 0.05) is 12.0 Å². The summed E-state index contributed by atoms with van der Waals surface area (Å²) in [5.41, 5.74) is 1.11. The van der Waals surface area contributed by atoms with Gasteiger partial charge in [0.2, 0.25) is 5.91 Å². The average Bonchev–Trinajstić information content (AvgIpc) is 3.05. The fourth-order valence-electron chi connectivity index (χ4n) is 4.08. The van der Waals surface area contributed by atoms with Crippen LogP contribution in [0.1, 0.15) is 56.0 Å². The van der Waals surface area contributed by atoms with Gasteiger partial charge in [0.05, 0.1) is 13.2 Å².